The molecule has 4 aromatic carbocycles. The Hall–Kier alpha value is -3.68. The van der Waals surface area contributed by atoms with Crippen molar-refractivity contribution in [2.24, 2.45) is 0 Å². The molecule has 0 aliphatic carbocycles. The molecule has 0 aliphatic rings. The van der Waals surface area contributed by atoms with E-state index in [1.54, 1.807) is 0 Å². The molecular weight excluding hydrogens is 524 g/mol. The topological polar surface area (TPSA) is 83.0 Å². The summed E-state index contributed by atoms with van der Waals surface area (Å²) < 4.78 is 12.5. The largest absolute Gasteiger partial charge is 0.489 e. The van der Waals surface area contributed by atoms with E-state index in [1.807, 2.05) is 12.1 Å². The molecule has 0 amide bonds. The zero-order chi connectivity index (χ0) is 29.9. The molecule has 6 nitrogen and oxygen atoms in total. The van der Waals surface area contributed by atoms with Crippen molar-refractivity contribution in [3.63, 3.8) is 0 Å². The van der Waals surface area contributed by atoms with Crippen LogP contribution in [0.25, 0.3) is 11.1 Å². The third-order valence-electron chi connectivity index (χ3n) is 7.66. The minimum absolute atomic E-state index is 0.135. The van der Waals surface area contributed by atoms with E-state index < -0.39 is 0 Å². The highest BCUT2D eigenvalue weighted by Crippen LogP contribution is 2.32. The van der Waals surface area contributed by atoms with Crippen molar-refractivity contribution >= 4 is 0 Å². The Labute approximate surface area is 250 Å². The normalized spacial score (nSPS) is 11.1. The van der Waals surface area contributed by atoms with Crippen molar-refractivity contribution in [3.05, 3.63) is 117 Å². The monoisotopic (exact) mass is 568 g/mol. The first-order valence-corrected chi connectivity index (χ1v) is 14.7. The Morgan fingerprint density at radius 2 is 1.00 bits per heavy atom. The lowest BCUT2D eigenvalue weighted by molar-refractivity contribution is 0.291. The fourth-order valence-corrected chi connectivity index (χ4v) is 5.16. The summed E-state index contributed by atoms with van der Waals surface area (Å²) in [4.78, 5) is 0. The fraction of sp³-hybridized carbons (Fsp3) is 0.333. The number of aryl methyl sites for hydroxylation is 2. The van der Waals surface area contributed by atoms with Gasteiger partial charge in [0.05, 0.1) is 13.2 Å². The van der Waals surface area contributed by atoms with Crippen LogP contribution < -0.4 is 20.1 Å². The number of rotatable bonds is 15. The zero-order valence-corrected chi connectivity index (χ0v) is 25.3. The van der Waals surface area contributed by atoms with Crippen LogP contribution in [0.15, 0.2) is 72.8 Å². The maximum atomic E-state index is 8.98. The molecule has 222 valence electrons. The molecule has 0 bridgehead atoms. The predicted octanol–water partition coefficient (Wildman–Crippen LogP) is 5.91. The van der Waals surface area contributed by atoms with Gasteiger partial charge in [0.2, 0.25) is 0 Å². The number of hydrogen-bond acceptors (Lipinski definition) is 6. The van der Waals surface area contributed by atoms with E-state index in [9.17, 15) is 0 Å². The molecule has 0 aliphatic heterocycles. The third kappa shape index (κ3) is 8.20. The quantitative estimate of drug-likeness (QED) is 0.134. The lowest BCUT2D eigenvalue weighted by atomic mass is 9.92. The number of aliphatic hydroxyl groups excluding tert-OH is 2. The molecule has 4 N–H and O–H groups in total. The van der Waals surface area contributed by atoms with Crippen LogP contribution in [-0.4, -0.2) is 36.5 Å². The first kappa shape index (κ1) is 31.3. The molecule has 0 spiro atoms. The van der Waals surface area contributed by atoms with E-state index in [0.29, 0.717) is 26.3 Å². The van der Waals surface area contributed by atoms with Crippen LogP contribution in [0.2, 0.25) is 0 Å². The van der Waals surface area contributed by atoms with Crippen LogP contribution in [0.4, 0.5) is 0 Å². The number of ether oxygens (including phenoxy) is 2. The third-order valence-corrected chi connectivity index (χ3v) is 7.66. The predicted molar refractivity (Wildman–Crippen MR) is 170 cm³/mol. The lowest BCUT2D eigenvalue weighted by Crippen LogP contribution is -2.17. The second-order valence-electron chi connectivity index (χ2n) is 10.8. The van der Waals surface area contributed by atoms with Crippen molar-refractivity contribution in [1.82, 2.24) is 10.6 Å². The van der Waals surface area contributed by atoms with Crippen molar-refractivity contribution in [2.75, 3.05) is 26.3 Å². The molecule has 6 heteroatoms. The average molecular weight is 569 g/mol. The molecule has 0 radical (unpaired) electrons. The smallest absolute Gasteiger partial charge is 0.122 e. The van der Waals surface area contributed by atoms with E-state index in [2.05, 4.69) is 99.0 Å². The van der Waals surface area contributed by atoms with Crippen LogP contribution in [0, 0.1) is 27.7 Å². The second kappa shape index (κ2) is 15.5. The molecule has 42 heavy (non-hydrogen) atoms. The fourth-order valence-electron chi connectivity index (χ4n) is 5.16. The molecule has 0 unspecified atom stereocenters. The summed E-state index contributed by atoms with van der Waals surface area (Å²) in [6.07, 6.45) is 0. The highest BCUT2D eigenvalue weighted by Gasteiger charge is 2.13. The van der Waals surface area contributed by atoms with Gasteiger partial charge >= 0.3 is 0 Å². The highest BCUT2D eigenvalue weighted by atomic mass is 16.5. The maximum Gasteiger partial charge on any atom is 0.122 e. The van der Waals surface area contributed by atoms with Crippen LogP contribution in [-0.2, 0) is 26.3 Å². The standard InChI is InChI=1S/C36H44N2O4/c1-25-19-29(21-37-15-17-39)11-13-35(25)41-23-31-7-5-9-33(27(31)3)34-10-6-8-32(28(34)4)24-42-36-14-12-30(20-26(36)2)22-38-16-18-40/h5-14,19-20,37-40H,15-18,21-24H2,1-4H3. The van der Waals surface area contributed by atoms with Crippen LogP contribution in [0.3, 0.4) is 0 Å². The molecule has 0 saturated carbocycles. The summed E-state index contributed by atoms with van der Waals surface area (Å²) in [5.41, 5.74) is 11.7. The Bertz CT molecular complexity index is 1360. The van der Waals surface area contributed by atoms with Gasteiger partial charge < -0.3 is 30.3 Å². The molecule has 4 rings (SSSR count). The number of nitrogens with one attached hydrogen (secondary N) is 2. The highest BCUT2D eigenvalue weighted by molar-refractivity contribution is 5.72. The van der Waals surface area contributed by atoms with E-state index >= 15 is 0 Å². The van der Waals surface area contributed by atoms with Crippen LogP contribution in [0.1, 0.15) is 44.5 Å². The van der Waals surface area contributed by atoms with Crippen molar-refractivity contribution in [2.45, 2.75) is 54.0 Å². The molecule has 0 aromatic heterocycles. The summed E-state index contributed by atoms with van der Waals surface area (Å²) in [7, 11) is 0. The van der Waals surface area contributed by atoms with E-state index in [4.69, 9.17) is 19.7 Å². The summed E-state index contributed by atoms with van der Waals surface area (Å²) in [5, 5.41) is 24.4. The van der Waals surface area contributed by atoms with Crippen LogP contribution >= 0.6 is 0 Å². The van der Waals surface area contributed by atoms with Gasteiger partial charge in [-0.05, 0) is 95.5 Å². The Balaban J connectivity index is 1.44. The van der Waals surface area contributed by atoms with E-state index in [1.165, 1.54) is 33.4 Å². The molecule has 0 fully saturated rings. The number of hydrogen-bond donors (Lipinski definition) is 4. The minimum atomic E-state index is 0.135. The van der Waals surface area contributed by atoms with Crippen LogP contribution in [0.5, 0.6) is 11.5 Å². The van der Waals surface area contributed by atoms with Gasteiger partial charge in [-0.1, -0.05) is 60.7 Å². The Kier molecular flexibility index (Phi) is 11.6. The van der Waals surface area contributed by atoms with Crippen molar-refractivity contribution in [1.29, 1.82) is 0 Å². The second-order valence-corrected chi connectivity index (χ2v) is 10.8. The van der Waals surface area contributed by atoms with E-state index in [-0.39, 0.29) is 13.2 Å². The van der Waals surface area contributed by atoms with Gasteiger partial charge in [-0.15, -0.1) is 0 Å². The van der Waals surface area contributed by atoms with Gasteiger partial charge in [-0.25, -0.2) is 0 Å². The summed E-state index contributed by atoms with van der Waals surface area (Å²) in [5.74, 6) is 1.76. The molecule has 0 atom stereocenters. The van der Waals surface area contributed by atoms with Gasteiger partial charge in [0.25, 0.3) is 0 Å². The number of aliphatic hydroxyl groups is 2. The lowest BCUT2D eigenvalue weighted by Gasteiger charge is -2.18. The SMILES string of the molecule is Cc1cc(CNCCO)ccc1OCc1cccc(-c2cccc(COc3ccc(CNCCO)cc3C)c2C)c1C. The Morgan fingerprint density at radius 1 is 0.571 bits per heavy atom. The van der Waals surface area contributed by atoms with Gasteiger partial charge in [-0.3, -0.25) is 0 Å². The average Bonchev–Trinajstić information content (AvgIpc) is 2.98. The zero-order valence-electron chi connectivity index (χ0n) is 25.3. The first-order chi connectivity index (χ1) is 20.4. The molecule has 4 aromatic rings. The van der Waals surface area contributed by atoms with Crippen molar-refractivity contribution in [3.8, 4) is 22.6 Å². The van der Waals surface area contributed by atoms with Gasteiger partial charge in [0.15, 0.2) is 0 Å². The number of benzene rings is 4. The maximum absolute atomic E-state index is 8.98. The van der Waals surface area contributed by atoms with E-state index in [0.717, 1.165) is 46.8 Å². The minimum Gasteiger partial charge on any atom is -0.489 e. The molecular formula is C36H44N2O4. The Morgan fingerprint density at radius 3 is 1.38 bits per heavy atom. The molecule has 0 saturated heterocycles. The summed E-state index contributed by atoms with van der Waals surface area (Å²) in [6.45, 7) is 12.3. The van der Waals surface area contributed by atoms with Crippen molar-refractivity contribution < 1.29 is 19.7 Å². The first-order valence-electron chi connectivity index (χ1n) is 14.7. The molecule has 0 heterocycles. The van der Waals surface area contributed by atoms with Gasteiger partial charge in [-0.2, -0.15) is 0 Å². The van der Waals surface area contributed by atoms with Gasteiger partial charge in [0.1, 0.15) is 24.7 Å². The summed E-state index contributed by atoms with van der Waals surface area (Å²) >= 11 is 0. The summed E-state index contributed by atoms with van der Waals surface area (Å²) in [6, 6.07) is 25.3. The van der Waals surface area contributed by atoms with Gasteiger partial charge in [0, 0.05) is 26.2 Å².